The molecule has 0 aromatic heterocycles. The van der Waals surface area contributed by atoms with Crippen LogP contribution in [0, 0.1) is 11.7 Å². The van der Waals surface area contributed by atoms with Gasteiger partial charge in [0, 0.05) is 12.3 Å². The number of ether oxygens (including phenoxy) is 1. The number of hydrogen-bond acceptors (Lipinski definition) is 3. The molecular formula is C17H22FNO3. The molecule has 0 aliphatic heterocycles. The summed E-state index contributed by atoms with van der Waals surface area (Å²) in [7, 11) is 1.27. The lowest BCUT2D eigenvalue weighted by atomic mass is 9.88. The SMILES string of the molecule is COC(=O)[C@@H](Cc1ccccc1F)NC(=O)C1CCCCC1. The van der Waals surface area contributed by atoms with E-state index in [1.165, 1.54) is 13.2 Å². The molecule has 1 fully saturated rings. The highest BCUT2D eigenvalue weighted by molar-refractivity contribution is 5.86. The lowest BCUT2D eigenvalue weighted by molar-refractivity contribution is -0.145. The predicted molar refractivity (Wildman–Crippen MR) is 80.6 cm³/mol. The Morgan fingerprint density at radius 1 is 1.27 bits per heavy atom. The van der Waals surface area contributed by atoms with Gasteiger partial charge in [-0.25, -0.2) is 9.18 Å². The zero-order chi connectivity index (χ0) is 15.9. The molecule has 1 N–H and O–H groups in total. The molecule has 0 unspecified atom stereocenters. The van der Waals surface area contributed by atoms with Gasteiger partial charge in [0.05, 0.1) is 7.11 Å². The number of carbonyl (C=O) groups is 2. The van der Waals surface area contributed by atoms with Crippen molar-refractivity contribution in [1.82, 2.24) is 5.32 Å². The number of methoxy groups -OCH3 is 1. The van der Waals surface area contributed by atoms with Crippen LogP contribution in [0.5, 0.6) is 0 Å². The number of hydrogen-bond donors (Lipinski definition) is 1. The highest BCUT2D eigenvalue weighted by atomic mass is 19.1. The van der Waals surface area contributed by atoms with Crippen molar-refractivity contribution in [3.05, 3.63) is 35.6 Å². The summed E-state index contributed by atoms with van der Waals surface area (Å²) in [6.07, 6.45) is 5.01. The van der Waals surface area contributed by atoms with Crippen molar-refractivity contribution < 1.29 is 18.7 Å². The average Bonchev–Trinajstić information content (AvgIpc) is 2.56. The monoisotopic (exact) mass is 307 g/mol. The first kappa shape index (κ1) is 16.5. The Bertz CT molecular complexity index is 526. The molecule has 1 atom stereocenters. The summed E-state index contributed by atoms with van der Waals surface area (Å²) in [4.78, 5) is 24.2. The summed E-state index contributed by atoms with van der Waals surface area (Å²) in [5, 5.41) is 2.73. The van der Waals surface area contributed by atoms with Crippen LogP contribution in [0.3, 0.4) is 0 Å². The van der Waals surface area contributed by atoms with Crippen molar-refractivity contribution in [3.63, 3.8) is 0 Å². The van der Waals surface area contributed by atoms with E-state index in [4.69, 9.17) is 4.74 Å². The van der Waals surface area contributed by atoms with Crippen molar-refractivity contribution >= 4 is 11.9 Å². The molecule has 0 spiro atoms. The zero-order valence-corrected chi connectivity index (χ0v) is 12.8. The van der Waals surface area contributed by atoms with E-state index in [-0.39, 0.29) is 24.1 Å². The van der Waals surface area contributed by atoms with Gasteiger partial charge in [-0.1, -0.05) is 37.5 Å². The molecule has 2 rings (SSSR count). The smallest absolute Gasteiger partial charge is 0.328 e. The summed E-state index contributed by atoms with van der Waals surface area (Å²) >= 11 is 0. The molecule has 0 radical (unpaired) electrons. The van der Waals surface area contributed by atoms with Crippen molar-refractivity contribution in [2.75, 3.05) is 7.11 Å². The normalized spacial score (nSPS) is 16.8. The second kappa shape index (κ2) is 7.92. The quantitative estimate of drug-likeness (QED) is 0.851. The summed E-state index contributed by atoms with van der Waals surface area (Å²) in [5.74, 6) is -1.12. The van der Waals surface area contributed by atoms with Crippen molar-refractivity contribution in [2.24, 2.45) is 5.92 Å². The van der Waals surface area contributed by atoms with Crippen LogP contribution in [-0.2, 0) is 20.7 Å². The molecule has 0 heterocycles. The number of carbonyl (C=O) groups excluding carboxylic acids is 2. The van der Waals surface area contributed by atoms with Crippen LogP contribution in [0.2, 0.25) is 0 Å². The van der Waals surface area contributed by atoms with Crippen molar-refractivity contribution in [2.45, 2.75) is 44.6 Å². The molecule has 1 aliphatic carbocycles. The molecule has 1 aliphatic rings. The van der Waals surface area contributed by atoms with Gasteiger partial charge in [0.2, 0.25) is 5.91 Å². The molecule has 0 bridgehead atoms. The van der Waals surface area contributed by atoms with Gasteiger partial charge >= 0.3 is 5.97 Å². The van der Waals surface area contributed by atoms with Crippen LogP contribution < -0.4 is 5.32 Å². The van der Waals surface area contributed by atoms with Crippen LogP contribution in [0.25, 0.3) is 0 Å². The molecule has 1 amide bonds. The third-order valence-electron chi connectivity index (χ3n) is 4.16. The van der Waals surface area contributed by atoms with Gasteiger partial charge in [0.15, 0.2) is 0 Å². The number of benzene rings is 1. The van der Waals surface area contributed by atoms with Crippen LogP contribution in [0.4, 0.5) is 4.39 Å². The average molecular weight is 307 g/mol. The Kier molecular flexibility index (Phi) is 5.92. The molecule has 1 aromatic rings. The molecule has 120 valence electrons. The van der Waals surface area contributed by atoms with Crippen LogP contribution in [0.1, 0.15) is 37.7 Å². The van der Waals surface area contributed by atoms with Gasteiger partial charge in [-0.3, -0.25) is 4.79 Å². The Labute approximate surface area is 130 Å². The van der Waals surface area contributed by atoms with Crippen LogP contribution >= 0.6 is 0 Å². The van der Waals surface area contributed by atoms with Gasteiger partial charge in [0.25, 0.3) is 0 Å². The molecule has 5 heteroatoms. The van der Waals surface area contributed by atoms with E-state index in [9.17, 15) is 14.0 Å². The van der Waals surface area contributed by atoms with E-state index in [0.717, 1.165) is 32.1 Å². The van der Waals surface area contributed by atoms with Crippen molar-refractivity contribution in [1.29, 1.82) is 0 Å². The first-order valence-corrected chi connectivity index (χ1v) is 7.73. The zero-order valence-electron chi connectivity index (χ0n) is 12.8. The van der Waals surface area contributed by atoms with E-state index in [1.807, 2.05) is 0 Å². The second-order valence-electron chi connectivity index (χ2n) is 5.71. The van der Waals surface area contributed by atoms with Gasteiger partial charge in [0.1, 0.15) is 11.9 Å². The van der Waals surface area contributed by atoms with Crippen LogP contribution in [0.15, 0.2) is 24.3 Å². The molecule has 0 saturated heterocycles. The maximum Gasteiger partial charge on any atom is 0.328 e. The van der Waals surface area contributed by atoms with Crippen molar-refractivity contribution in [3.8, 4) is 0 Å². The topological polar surface area (TPSA) is 55.4 Å². The number of nitrogens with one attached hydrogen (secondary N) is 1. The minimum absolute atomic E-state index is 0.0541. The maximum atomic E-state index is 13.7. The Balaban J connectivity index is 2.04. The van der Waals surface area contributed by atoms with E-state index >= 15 is 0 Å². The van der Waals surface area contributed by atoms with E-state index in [2.05, 4.69) is 5.32 Å². The lowest BCUT2D eigenvalue weighted by Crippen LogP contribution is -2.46. The fourth-order valence-corrected chi connectivity index (χ4v) is 2.87. The fraction of sp³-hybridized carbons (Fsp3) is 0.529. The summed E-state index contributed by atoms with van der Waals surface area (Å²) < 4.78 is 18.5. The predicted octanol–water partition coefficient (Wildman–Crippen LogP) is 2.61. The Morgan fingerprint density at radius 3 is 2.59 bits per heavy atom. The third kappa shape index (κ3) is 4.29. The van der Waals surface area contributed by atoms with Crippen LogP contribution in [-0.4, -0.2) is 25.0 Å². The standard InChI is InChI=1S/C17H22FNO3/c1-22-17(21)15(11-13-9-5-6-10-14(13)18)19-16(20)12-7-3-2-4-8-12/h5-6,9-10,12,15H,2-4,7-8,11H2,1H3,(H,19,20)/t15-/m1/s1. The number of halogens is 1. The number of rotatable bonds is 5. The third-order valence-corrected chi connectivity index (χ3v) is 4.16. The van der Waals surface area contributed by atoms with E-state index < -0.39 is 12.0 Å². The Morgan fingerprint density at radius 2 is 1.95 bits per heavy atom. The van der Waals surface area contributed by atoms with E-state index in [0.29, 0.717) is 5.56 Å². The highest BCUT2D eigenvalue weighted by Crippen LogP contribution is 2.24. The molecule has 1 saturated carbocycles. The molecular weight excluding hydrogens is 285 g/mol. The first-order chi connectivity index (χ1) is 10.6. The lowest BCUT2D eigenvalue weighted by Gasteiger charge is -2.24. The van der Waals surface area contributed by atoms with Gasteiger partial charge in [-0.05, 0) is 24.5 Å². The summed E-state index contributed by atoms with van der Waals surface area (Å²) in [6.45, 7) is 0. The second-order valence-corrected chi connectivity index (χ2v) is 5.71. The minimum Gasteiger partial charge on any atom is -0.467 e. The maximum absolute atomic E-state index is 13.7. The largest absolute Gasteiger partial charge is 0.467 e. The first-order valence-electron chi connectivity index (χ1n) is 7.73. The fourth-order valence-electron chi connectivity index (χ4n) is 2.87. The Hall–Kier alpha value is -1.91. The highest BCUT2D eigenvalue weighted by Gasteiger charge is 2.27. The molecule has 22 heavy (non-hydrogen) atoms. The molecule has 4 nitrogen and oxygen atoms in total. The van der Waals surface area contributed by atoms with Gasteiger partial charge in [-0.2, -0.15) is 0 Å². The van der Waals surface area contributed by atoms with E-state index in [1.54, 1.807) is 18.2 Å². The summed E-state index contributed by atoms with van der Waals surface area (Å²) in [5.41, 5.74) is 0.391. The van der Waals surface area contributed by atoms with Gasteiger partial charge in [-0.15, -0.1) is 0 Å². The summed E-state index contributed by atoms with van der Waals surface area (Å²) in [6, 6.07) is 5.39. The minimum atomic E-state index is -0.851. The molecule has 1 aromatic carbocycles. The van der Waals surface area contributed by atoms with Gasteiger partial charge < -0.3 is 10.1 Å². The number of amides is 1. The number of esters is 1.